The first-order chi connectivity index (χ1) is 17.6. The molecular weight excluding hydrogens is 472 g/mol. The fourth-order valence-corrected chi connectivity index (χ4v) is 4.22. The Bertz CT molecular complexity index is 1120. The Morgan fingerprint density at radius 3 is 2.54 bits per heavy atom. The maximum absolute atomic E-state index is 13.6. The Hall–Kier alpha value is -3.59. The fourth-order valence-electron chi connectivity index (χ4n) is 4.22. The third-order valence-electron chi connectivity index (χ3n) is 6.48. The molecule has 0 saturated carbocycles. The number of benzene rings is 2. The number of ether oxygens (including phenoxy) is 2. The molecule has 2 atom stereocenters. The average molecular weight is 511 g/mol. The van der Waals surface area contributed by atoms with E-state index in [4.69, 9.17) is 9.47 Å². The van der Waals surface area contributed by atoms with Crippen molar-refractivity contribution < 1.29 is 23.9 Å². The molecule has 3 rings (SSSR count). The third kappa shape index (κ3) is 7.22. The number of carbonyl (C=O) groups is 3. The van der Waals surface area contributed by atoms with Crippen LogP contribution >= 0.6 is 0 Å². The zero-order valence-electron chi connectivity index (χ0n) is 22.6. The maximum atomic E-state index is 13.6. The van der Waals surface area contributed by atoms with Gasteiger partial charge in [-0.25, -0.2) is 0 Å². The summed E-state index contributed by atoms with van der Waals surface area (Å²) in [6.45, 7) is 3.33. The second-order valence-electron chi connectivity index (χ2n) is 9.76. The third-order valence-corrected chi connectivity index (χ3v) is 6.48. The van der Waals surface area contributed by atoms with Crippen LogP contribution < -0.4 is 14.8 Å². The van der Waals surface area contributed by atoms with E-state index in [1.807, 2.05) is 56.3 Å². The van der Waals surface area contributed by atoms with E-state index in [1.165, 1.54) is 4.90 Å². The van der Waals surface area contributed by atoms with Crippen LogP contribution in [0.5, 0.6) is 11.5 Å². The number of hydrogen-bond donors (Lipinski definition) is 1. The summed E-state index contributed by atoms with van der Waals surface area (Å²) in [7, 11) is 8.82. The molecule has 0 radical (unpaired) electrons. The van der Waals surface area contributed by atoms with E-state index in [-0.39, 0.29) is 43.2 Å². The summed E-state index contributed by atoms with van der Waals surface area (Å²) in [5.41, 5.74) is 1.99. The average Bonchev–Trinajstić information content (AvgIpc) is 2.89. The van der Waals surface area contributed by atoms with Gasteiger partial charge in [-0.1, -0.05) is 12.1 Å². The van der Waals surface area contributed by atoms with Crippen molar-refractivity contribution in [1.29, 1.82) is 0 Å². The quantitative estimate of drug-likeness (QED) is 0.665. The van der Waals surface area contributed by atoms with Crippen LogP contribution in [0.2, 0.25) is 0 Å². The topological polar surface area (TPSA) is 91.4 Å². The number of fused-ring (bicyclic) bond motifs is 4. The first-order valence-electron chi connectivity index (χ1n) is 12.5. The highest BCUT2D eigenvalue weighted by Crippen LogP contribution is 2.34. The Morgan fingerprint density at radius 1 is 1.11 bits per heavy atom. The minimum Gasteiger partial charge on any atom is -0.497 e. The zero-order valence-corrected chi connectivity index (χ0v) is 22.6. The van der Waals surface area contributed by atoms with Gasteiger partial charge in [-0.3, -0.25) is 14.4 Å². The molecule has 0 saturated heterocycles. The molecule has 1 aliphatic heterocycles. The van der Waals surface area contributed by atoms with Crippen LogP contribution in [0.1, 0.15) is 30.1 Å². The zero-order chi connectivity index (χ0) is 27.1. The first kappa shape index (κ1) is 28.0. The van der Waals surface area contributed by atoms with E-state index >= 15 is 0 Å². The summed E-state index contributed by atoms with van der Waals surface area (Å²) >= 11 is 0. The van der Waals surface area contributed by atoms with E-state index < -0.39 is 6.04 Å². The molecule has 37 heavy (non-hydrogen) atoms. The van der Waals surface area contributed by atoms with Gasteiger partial charge < -0.3 is 29.5 Å². The molecule has 0 aliphatic carbocycles. The molecule has 2 unspecified atom stereocenters. The van der Waals surface area contributed by atoms with Crippen LogP contribution in [0.4, 0.5) is 0 Å². The molecule has 3 amide bonds. The van der Waals surface area contributed by atoms with Crippen LogP contribution in [0, 0.1) is 0 Å². The predicted molar refractivity (Wildman–Crippen MR) is 143 cm³/mol. The number of likely N-dealkylation sites (N-methyl/N-ethyl adjacent to an activating group) is 3. The van der Waals surface area contributed by atoms with E-state index in [0.717, 1.165) is 11.1 Å². The van der Waals surface area contributed by atoms with Crippen molar-refractivity contribution in [3.8, 4) is 22.6 Å². The molecule has 2 aromatic rings. The summed E-state index contributed by atoms with van der Waals surface area (Å²) in [6, 6.07) is 11.7. The van der Waals surface area contributed by atoms with Gasteiger partial charge in [0.1, 0.15) is 24.1 Å². The van der Waals surface area contributed by atoms with Gasteiger partial charge >= 0.3 is 0 Å². The molecule has 0 aromatic heterocycles. The van der Waals surface area contributed by atoms with Crippen molar-refractivity contribution in [3.63, 3.8) is 0 Å². The van der Waals surface area contributed by atoms with Crippen molar-refractivity contribution in [1.82, 2.24) is 20.0 Å². The Morgan fingerprint density at radius 2 is 1.84 bits per heavy atom. The van der Waals surface area contributed by atoms with E-state index in [1.54, 1.807) is 38.2 Å². The van der Waals surface area contributed by atoms with Crippen molar-refractivity contribution in [2.45, 2.75) is 31.8 Å². The van der Waals surface area contributed by atoms with Crippen LogP contribution in [-0.2, 0) is 9.59 Å². The number of rotatable bonds is 5. The lowest BCUT2D eigenvalue weighted by atomic mass is 10.0. The van der Waals surface area contributed by atoms with Crippen LogP contribution in [0.15, 0.2) is 42.5 Å². The second-order valence-corrected chi connectivity index (χ2v) is 9.76. The van der Waals surface area contributed by atoms with Crippen molar-refractivity contribution >= 4 is 17.7 Å². The van der Waals surface area contributed by atoms with Crippen LogP contribution in [-0.4, -0.2) is 99.5 Å². The lowest BCUT2D eigenvalue weighted by Gasteiger charge is -2.31. The number of amides is 3. The number of carbonyl (C=O) groups excluding carboxylic acids is 3. The SMILES string of the molecule is COc1ccc2c(c1)-c1cccc(c1)C(=O)N(C)C(C(=O)N(C)CCN(C)C)CCC(=O)NC(C)CO2. The van der Waals surface area contributed by atoms with Gasteiger partial charge in [0.05, 0.1) is 13.2 Å². The summed E-state index contributed by atoms with van der Waals surface area (Å²) < 4.78 is 11.5. The number of methoxy groups -OCH3 is 1. The molecule has 2 aromatic carbocycles. The molecular formula is C28H38N4O5. The van der Waals surface area contributed by atoms with Gasteiger partial charge in [-0.05, 0) is 63.3 Å². The van der Waals surface area contributed by atoms with E-state index in [0.29, 0.717) is 30.2 Å². The highest BCUT2D eigenvalue weighted by molar-refractivity contribution is 5.98. The summed E-state index contributed by atoms with van der Waals surface area (Å²) in [5, 5.41) is 2.94. The van der Waals surface area contributed by atoms with Gasteiger partial charge in [-0.15, -0.1) is 0 Å². The number of hydrogen-bond acceptors (Lipinski definition) is 6. The Balaban J connectivity index is 2.02. The maximum Gasteiger partial charge on any atom is 0.254 e. The Kier molecular flexibility index (Phi) is 9.52. The summed E-state index contributed by atoms with van der Waals surface area (Å²) in [4.78, 5) is 44.8. The van der Waals surface area contributed by atoms with Crippen molar-refractivity contribution in [2.75, 3.05) is 55.0 Å². The molecule has 1 N–H and O–H groups in total. The van der Waals surface area contributed by atoms with E-state index in [9.17, 15) is 14.4 Å². The monoisotopic (exact) mass is 510 g/mol. The summed E-state index contributed by atoms with van der Waals surface area (Å²) in [6.07, 6.45) is 0.317. The molecule has 2 bridgehead atoms. The van der Waals surface area contributed by atoms with Gasteiger partial charge in [0, 0.05) is 44.7 Å². The molecule has 1 heterocycles. The normalized spacial score (nSPS) is 18.7. The largest absolute Gasteiger partial charge is 0.497 e. The van der Waals surface area contributed by atoms with Crippen molar-refractivity contribution in [3.05, 3.63) is 48.0 Å². The van der Waals surface area contributed by atoms with Gasteiger partial charge in [0.25, 0.3) is 5.91 Å². The Labute approximate surface area is 219 Å². The molecule has 0 spiro atoms. The lowest BCUT2D eigenvalue weighted by Crippen LogP contribution is -2.50. The first-order valence-corrected chi connectivity index (χ1v) is 12.5. The molecule has 0 fully saturated rings. The minimum absolute atomic E-state index is 0.105. The molecule has 9 nitrogen and oxygen atoms in total. The lowest BCUT2D eigenvalue weighted by molar-refractivity contribution is -0.135. The predicted octanol–water partition coefficient (Wildman–Crippen LogP) is 2.50. The number of nitrogens with one attached hydrogen (secondary N) is 1. The highest BCUT2D eigenvalue weighted by Gasteiger charge is 2.31. The van der Waals surface area contributed by atoms with E-state index in [2.05, 4.69) is 5.32 Å². The molecule has 200 valence electrons. The minimum atomic E-state index is -0.780. The second kappa shape index (κ2) is 12.6. The van der Waals surface area contributed by atoms with Gasteiger partial charge in [0.2, 0.25) is 11.8 Å². The fraction of sp³-hybridized carbons (Fsp3) is 0.464. The van der Waals surface area contributed by atoms with Gasteiger partial charge in [0.15, 0.2) is 0 Å². The molecule has 1 aliphatic rings. The number of nitrogens with zero attached hydrogens (tertiary/aromatic N) is 3. The standard InChI is InChI=1S/C28H38N4O5/c1-19-18-37-25-12-10-22(36-6)17-23(25)20-8-7-9-21(16-20)27(34)32(5)24(11-13-26(33)29-19)28(35)31(4)15-14-30(2)3/h7-10,12,16-17,19,24H,11,13-15,18H2,1-6H3,(H,29,33). The smallest absolute Gasteiger partial charge is 0.254 e. The van der Waals surface area contributed by atoms with Crippen LogP contribution in [0.25, 0.3) is 11.1 Å². The summed E-state index contributed by atoms with van der Waals surface area (Å²) in [5.74, 6) is 0.580. The van der Waals surface area contributed by atoms with Crippen molar-refractivity contribution in [2.24, 2.45) is 0 Å². The molecule has 9 heteroatoms. The van der Waals surface area contributed by atoms with Gasteiger partial charge in [-0.2, -0.15) is 0 Å². The highest BCUT2D eigenvalue weighted by atomic mass is 16.5. The van der Waals surface area contributed by atoms with Crippen LogP contribution in [0.3, 0.4) is 0 Å².